The number of halogens is 2. The van der Waals surface area contributed by atoms with Gasteiger partial charge >= 0.3 is 0 Å². The summed E-state index contributed by atoms with van der Waals surface area (Å²) in [5.74, 6) is 0.291. The summed E-state index contributed by atoms with van der Waals surface area (Å²) in [5, 5.41) is 6.27. The van der Waals surface area contributed by atoms with Crippen molar-refractivity contribution in [3.05, 3.63) is 41.5 Å². The van der Waals surface area contributed by atoms with Crippen LogP contribution in [0.25, 0.3) is 0 Å². The van der Waals surface area contributed by atoms with E-state index in [1.807, 2.05) is 0 Å². The third-order valence-corrected chi connectivity index (χ3v) is 4.01. The zero-order chi connectivity index (χ0) is 15.5. The monoisotopic (exact) mass is 325 g/mol. The summed E-state index contributed by atoms with van der Waals surface area (Å²) in [4.78, 5) is 15.9. The summed E-state index contributed by atoms with van der Waals surface area (Å²) < 4.78 is 31.2. The molecule has 22 heavy (non-hydrogen) atoms. The van der Waals surface area contributed by atoms with Crippen molar-refractivity contribution >= 4 is 23.4 Å². The molecule has 0 radical (unpaired) electrons. The maximum atomic E-state index is 13.4. The third-order valence-electron chi connectivity index (χ3n) is 3.09. The molecule has 1 heterocycles. The van der Waals surface area contributed by atoms with Crippen molar-refractivity contribution < 1.29 is 18.1 Å². The van der Waals surface area contributed by atoms with Gasteiger partial charge in [0.25, 0.3) is 0 Å². The lowest BCUT2D eigenvalue weighted by molar-refractivity contribution is -0.113. The number of hydrogen-bond acceptors (Lipinski definition) is 5. The molecule has 116 valence electrons. The summed E-state index contributed by atoms with van der Waals surface area (Å²) in [7, 11) is 0. The molecule has 0 bridgehead atoms. The smallest absolute Gasteiger partial charge is 0.236 e. The highest BCUT2D eigenvalue weighted by atomic mass is 32.2. The minimum atomic E-state index is -0.802. The van der Waals surface area contributed by atoms with Crippen LogP contribution in [0.3, 0.4) is 0 Å². The topological polar surface area (TPSA) is 68.0 Å². The van der Waals surface area contributed by atoms with Crippen molar-refractivity contribution in [1.29, 1.82) is 0 Å². The van der Waals surface area contributed by atoms with Gasteiger partial charge in [0.1, 0.15) is 11.6 Å². The predicted octanol–water partition coefficient (Wildman–Crippen LogP) is 3.10. The summed E-state index contributed by atoms with van der Waals surface area (Å²) in [6.45, 7) is 0. The van der Waals surface area contributed by atoms with Crippen LogP contribution in [0.1, 0.15) is 30.5 Å². The second-order valence-corrected chi connectivity index (χ2v) is 5.97. The second kappa shape index (κ2) is 6.43. The quantitative estimate of drug-likeness (QED) is 0.884. The normalized spacial score (nSPS) is 14.1. The van der Waals surface area contributed by atoms with E-state index in [-0.39, 0.29) is 17.3 Å². The van der Waals surface area contributed by atoms with Gasteiger partial charge in [-0.15, -0.1) is 11.8 Å². The number of aromatic nitrogens is 2. The van der Waals surface area contributed by atoms with E-state index < -0.39 is 11.6 Å². The van der Waals surface area contributed by atoms with Gasteiger partial charge in [-0.2, -0.15) is 4.98 Å². The zero-order valence-electron chi connectivity index (χ0n) is 11.5. The SMILES string of the molecule is O=C(CSCc1nc(C2CC2)no1)Nc1ccc(F)cc1F. The van der Waals surface area contributed by atoms with Crippen molar-refractivity contribution in [2.24, 2.45) is 0 Å². The van der Waals surface area contributed by atoms with E-state index in [1.165, 1.54) is 17.8 Å². The molecule has 0 spiro atoms. The number of rotatable bonds is 6. The van der Waals surface area contributed by atoms with Crippen LogP contribution in [0.5, 0.6) is 0 Å². The number of nitrogens with zero attached hydrogens (tertiary/aromatic N) is 2. The lowest BCUT2D eigenvalue weighted by Crippen LogP contribution is -2.15. The fraction of sp³-hybridized carbons (Fsp3) is 0.357. The van der Waals surface area contributed by atoms with E-state index >= 15 is 0 Å². The van der Waals surface area contributed by atoms with Crippen LogP contribution in [0.4, 0.5) is 14.5 Å². The first-order chi connectivity index (χ1) is 10.6. The van der Waals surface area contributed by atoms with Crippen LogP contribution >= 0.6 is 11.8 Å². The highest BCUT2D eigenvalue weighted by molar-refractivity contribution is 7.99. The van der Waals surface area contributed by atoms with Crippen LogP contribution < -0.4 is 5.32 Å². The predicted molar refractivity (Wildman–Crippen MR) is 77.4 cm³/mol. The minimum absolute atomic E-state index is 0.0409. The Balaban J connectivity index is 1.45. The van der Waals surface area contributed by atoms with Crippen molar-refractivity contribution in [2.45, 2.75) is 24.5 Å². The fourth-order valence-electron chi connectivity index (χ4n) is 1.84. The largest absolute Gasteiger partial charge is 0.338 e. The van der Waals surface area contributed by atoms with E-state index in [9.17, 15) is 13.6 Å². The molecule has 1 aliphatic rings. The average Bonchev–Trinajstić information content (AvgIpc) is 3.22. The van der Waals surface area contributed by atoms with E-state index in [4.69, 9.17) is 4.52 Å². The number of thioether (sulfide) groups is 1. The number of carbonyl (C=O) groups is 1. The first kappa shape index (κ1) is 15.0. The lowest BCUT2D eigenvalue weighted by atomic mass is 10.3. The van der Waals surface area contributed by atoms with Gasteiger partial charge in [-0.25, -0.2) is 8.78 Å². The molecule has 0 aliphatic heterocycles. The molecule has 0 saturated heterocycles. The van der Waals surface area contributed by atoms with Crippen LogP contribution in [0.15, 0.2) is 22.7 Å². The molecule has 2 aromatic rings. The van der Waals surface area contributed by atoms with Crippen molar-refractivity contribution in [3.8, 4) is 0 Å². The van der Waals surface area contributed by atoms with Crippen LogP contribution in [0.2, 0.25) is 0 Å². The summed E-state index contributed by atoms with van der Waals surface area (Å²) in [5.41, 5.74) is -0.0409. The van der Waals surface area contributed by atoms with Crippen molar-refractivity contribution in [3.63, 3.8) is 0 Å². The van der Waals surface area contributed by atoms with Gasteiger partial charge in [0.15, 0.2) is 5.82 Å². The van der Waals surface area contributed by atoms with Gasteiger partial charge in [-0.05, 0) is 25.0 Å². The molecule has 1 aromatic carbocycles. The summed E-state index contributed by atoms with van der Waals surface area (Å²) in [6, 6.07) is 3.00. The van der Waals surface area contributed by atoms with Crippen LogP contribution in [0, 0.1) is 11.6 Å². The maximum absolute atomic E-state index is 13.4. The van der Waals surface area contributed by atoms with E-state index in [0.717, 1.165) is 30.8 Å². The maximum Gasteiger partial charge on any atom is 0.236 e. The first-order valence-electron chi connectivity index (χ1n) is 6.77. The second-order valence-electron chi connectivity index (χ2n) is 4.99. The highest BCUT2D eigenvalue weighted by Crippen LogP contribution is 2.38. The molecule has 1 saturated carbocycles. The summed E-state index contributed by atoms with van der Waals surface area (Å²) >= 11 is 1.28. The molecular weight excluding hydrogens is 312 g/mol. The third kappa shape index (κ3) is 3.82. The standard InChI is InChI=1S/C14H13F2N3O2S/c15-9-3-4-11(10(16)5-9)17-12(20)6-22-7-13-18-14(19-21-13)8-1-2-8/h3-5,8H,1-2,6-7H2,(H,17,20). The molecule has 0 unspecified atom stereocenters. The lowest BCUT2D eigenvalue weighted by Gasteiger charge is -2.05. The Morgan fingerprint density at radius 3 is 2.95 bits per heavy atom. The fourth-order valence-corrected chi connectivity index (χ4v) is 2.49. The van der Waals surface area contributed by atoms with Gasteiger partial charge < -0.3 is 9.84 Å². The Labute approximate surface area is 129 Å². The van der Waals surface area contributed by atoms with E-state index in [1.54, 1.807) is 0 Å². The molecule has 1 aliphatic carbocycles. The van der Waals surface area contributed by atoms with Gasteiger partial charge in [-0.1, -0.05) is 5.16 Å². The number of carbonyl (C=O) groups excluding carboxylic acids is 1. The number of amides is 1. The van der Waals surface area contributed by atoms with Crippen molar-refractivity contribution in [1.82, 2.24) is 10.1 Å². The van der Waals surface area contributed by atoms with Crippen LogP contribution in [-0.2, 0) is 10.5 Å². The van der Waals surface area contributed by atoms with Crippen LogP contribution in [-0.4, -0.2) is 21.8 Å². The molecule has 1 aromatic heterocycles. The van der Waals surface area contributed by atoms with Gasteiger partial charge in [0.05, 0.1) is 17.2 Å². The summed E-state index contributed by atoms with van der Waals surface area (Å²) in [6.07, 6.45) is 2.19. The molecular formula is C14H13F2N3O2S. The molecule has 1 fully saturated rings. The highest BCUT2D eigenvalue weighted by Gasteiger charge is 2.28. The molecule has 5 nitrogen and oxygen atoms in total. The zero-order valence-corrected chi connectivity index (χ0v) is 12.3. The minimum Gasteiger partial charge on any atom is -0.338 e. The Morgan fingerprint density at radius 2 is 2.23 bits per heavy atom. The Hall–Kier alpha value is -1.96. The van der Waals surface area contributed by atoms with E-state index in [2.05, 4.69) is 15.5 Å². The van der Waals surface area contributed by atoms with Gasteiger partial charge in [0, 0.05) is 12.0 Å². The van der Waals surface area contributed by atoms with Crippen molar-refractivity contribution in [2.75, 3.05) is 11.1 Å². The number of hydrogen-bond donors (Lipinski definition) is 1. The number of nitrogens with one attached hydrogen (secondary N) is 1. The Morgan fingerprint density at radius 1 is 1.41 bits per heavy atom. The molecule has 1 amide bonds. The number of benzene rings is 1. The number of anilines is 1. The molecule has 8 heteroatoms. The van der Waals surface area contributed by atoms with E-state index in [0.29, 0.717) is 17.6 Å². The average molecular weight is 325 g/mol. The Kier molecular flexibility index (Phi) is 4.37. The molecule has 0 atom stereocenters. The molecule has 3 rings (SSSR count). The van der Waals surface area contributed by atoms with Gasteiger partial charge in [-0.3, -0.25) is 4.79 Å². The first-order valence-corrected chi connectivity index (χ1v) is 7.92. The van der Waals surface area contributed by atoms with Gasteiger partial charge in [0.2, 0.25) is 11.8 Å². The molecule has 1 N–H and O–H groups in total. The Bertz CT molecular complexity index is 688.